The van der Waals surface area contributed by atoms with Crippen molar-refractivity contribution in [3.8, 4) is 5.75 Å². The standard InChI is InChI=1S/C21H20BrOP/c1-21(2)23-19-15-9-10-16-20(19)24(21,22,17-11-5-3-6-12-17)18-13-7-4-8-14-18/h3-16H,1-2H3. The molecule has 0 aromatic heterocycles. The van der Waals surface area contributed by atoms with Gasteiger partial charge >= 0.3 is 151 Å². The second kappa shape index (κ2) is 5.18. The molecule has 24 heavy (non-hydrogen) atoms. The molecule has 0 spiro atoms. The Morgan fingerprint density at radius 2 is 1.17 bits per heavy atom. The molecule has 0 saturated heterocycles. The van der Waals surface area contributed by atoms with Crippen LogP contribution in [0.2, 0.25) is 0 Å². The van der Waals surface area contributed by atoms with Crippen LogP contribution in [0.25, 0.3) is 0 Å². The number of hydrogen-bond donors (Lipinski definition) is 0. The van der Waals surface area contributed by atoms with Gasteiger partial charge in [0.05, 0.1) is 0 Å². The number of ether oxygens (including phenoxy) is 1. The Bertz CT molecular complexity index is 850. The molecule has 0 atom stereocenters. The van der Waals surface area contributed by atoms with Gasteiger partial charge in [0, 0.05) is 0 Å². The Morgan fingerprint density at radius 3 is 1.71 bits per heavy atom. The fraction of sp³-hybridized carbons (Fsp3) is 0.143. The van der Waals surface area contributed by atoms with Crippen LogP contribution in [0.3, 0.4) is 0 Å². The summed E-state index contributed by atoms with van der Waals surface area (Å²) in [5, 5.41) is 0.514. The van der Waals surface area contributed by atoms with E-state index in [4.69, 9.17) is 4.74 Å². The summed E-state index contributed by atoms with van der Waals surface area (Å²) in [7, 11) is 0. The Labute approximate surface area is 151 Å². The van der Waals surface area contributed by atoms with Crippen LogP contribution in [0.4, 0.5) is 0 Å². The summed E-state index contributed by atoms with van der Waals surface area (Å²) in [5.74, 6) is 0.977. The molecule has 1 nitrogen and oxygen atoms in total. The topological polar surface area (TPSA) is 9.23 Å². The Balaban J connectivity index is 2.22. The van der Waals surface area contributed by atoms with Crippen LogP contribution in [-0.2, 0) is 0 Å². The average molecular weight is 399 g/mol. The summed E-state index contributed by atoms with van der Waals surface area (Å²) < 4.78 is 6.53. The first-order valence-corrected chi connectivity index (χ1v) is 12.4. The molecule has 0 saturated carbocycles. The van der Waals surface area contributed by atoms with Crippen molar-refractivity contribution in [3.63, 3.8) is 0 Å². The zero-order valence-electron chi connectivity index (χ0n) is 13.8. The summed E-state index contributed by atoms with van der Waals surface area (Å²) in [6, 6.07) is 30.0. The van der Waals surface area contributed by atoms with Gasteiger partial charge in [-0.2, -0.15) is 0 Å². The van der Waals surface area contributed by atoms with Crippen LogP contribution < -0.4 is 20.7 Å². The van der Waals surface area contributed by atoms with Crippen molar-refractivity contribution in [1.82, 2.24) is 0 Å². The first-order valence-electron chi connectivity index (χ1n) is 8.12. The predicted octanol–water partition coefficient (Wildman–Crippen LogP) is 4.95. The predicted molar refractivity (Wildman–Crippen MR) is 109 cm³/mol. The van der Waals surface area contributed by atoms with Crippen molar-refractivity contribution in [3.05, 3.63) is 84.9 Å². The summed E-state index contributed by atoms with van der Waals surface area (Å²) in [6.07, 6.45) is 0. The van der Waals surface area contributed by atoms with Crippen molar-refractivity contribution in [2.45, 2.75) is 19.2 Å². The average Bonchev–Trinajstić information content (AvgIpc) is 2.82. The summed E-state index contributed by atoms with van der Waals surface area (Å²) in [4.78, 5) is 0. The third-order valence-corrected chi connectivity index (χ3v) is 17.3. The second-order valence-electron chi connectivity index (χ2n) is 6.70. The van der Waals surface area contributed by atoms with Gasteiger partial charge in [0.25, 0.3) is 0 Å². The van der Waals surface area contributed by atoms with Crippen molar-refractivity contribution >= 4 is 36.7 Å². The van der Waals surface area contributed by atoms with Gasteiger partial charge in [-0.15, -0.1) is 0 Å². The fourth-order valence-electron chi connectivity index (χ4n) is 4.00. The van der Waals surface area contributed by atoms with Crippen molar-refractivity contribution < 1.29 is 4.74 Å². The van der Waals surface area contributed by atoms with Gasteiger partial charge in [-0.1, -0.05) is 0 Å². The van der Waals surface area contributed by atoms with Crippen LogP contribution in [0, 0.1) is 0 Å². The molecular formula is C21H20BrOP. The summed E-state index contributed by atoms with van der Waals surface area (Å²) >= 11 is 4.40. The molecule has 0 aliphatic carbocycles. The van der Waals surface area contributed by atoms with Gasteiger partial charge in [-0.25, -0.2) is 0 Å². The molecule has 0 radical (unpaired) electrons. The molecule has 3 aromatic rings. The van der Waals surface area contributed by atoms with E-state index >= 15 is 0 Å². The van der Waals surface area contributed by atoms with E-state index < -0.39 is 10.6 Å². The van der Waals surface area contributed by atoms with Crippen molar-refractivity contribution in [2.75, 3.05) is 0 Å². The van der Waals surface area contributed by atoms with Crippen LogP contribution in [0.5, 0.6) is 5.75 Å². The Kier molecular flexibility index (Phi) is 3.43. The SMILES string of the molecule is CC1(C)Oc2ccccc2P1(Br)(c1ccccc1)c1ccccc1. The number of rotatable bonds is 2. The Morgan fingerprint density at radius 1 is 0.708 bits per heavy atom. The molecule has 1 heterocycles. The molecule has 3 aromatic carbocycles. The molecule has 0 unspecified atom stereocenters. The fourth-order valence-corrected chi connectivity index (χ4v) is 11.8. The van der Waals surface area contributed by atoms with Gasteiger partial charge in [0.1, 0.15) is 0 Å². The molecular weight excluding hydrogens is 379 g/mol. The van der Waals surface area contributed by atoms with Gasteiger partial charge in [-0.05, 0) is 0 Å². The zero-order valence-corrected chi connectivity index (χ0v) is 16.3. The number of halogens is 1. The van der Waals surface area contributed by atoms with Crippen LogP contribution in [-0.4, -0.2) is 5.34 Å². The van der Waals surface area contributed by atoms with Crippen LogP contribution in [0.15, 0.2) is 84.9 Å². The third-order valence-electron chi connectivity index (χ3n) is 5.17. The van der Waals surface area contributed by atoms with E-state index in [-0.39, 0.29) is 0 Å². The van der Waals surface area contributed by atoms with Gasteiger partial charge < -0.3 is 0 Å². The van der Waals surface area contributed by atoms with E-state index in [0.717, 1.165) is 5.75 Å². The van der Waals surface area contributed by atoms with Gasteiger partial charge in [-0.3, -0.25) is 0 Å². The van der Waals surface area contributed by atoms with Crippen molar-refractivity contribution in [2.24, 2.45) is 0 Å². The third kappa shape index (κ3) is 1.74. The van der Waals surface area contributed by atoms with E-state index in [1.165, 1.54) is 15.9 Å². The van der Waals surface area contributed by atoms with Crippen LogP contribution in [0.1, 0.15) is 13.8 Å². The Hall–Kier alpha value is -1.63. The van der Waals surface area contributed by atoms with Crippen molar-refractivity contribution in [1.29, 1.82) is 0 Å². The normalized spacial score (nSPS) is 21.0. The molecule has 1 aliphatic heterocycles. The summed E-state index contributed by atoms with van der Waals surface area (Å²) in [5.41, 5.74) is 0. The molecule has 0 fully saturated rings. The number of para-hydroxylation sites is 1. The molecule has 1 aliphatic rings. The van der Waals surface area contributed by atoms with Gasteiger partial charge in [0.15, 0.2) is 0 Å². The molecule has 0 N–H and O–H groups in total. The van der Waals surface area contributed by atoms with E-state index in [0.29, 0.717) is 0 Å². The van der Waals surface area contributed by atoms with E-state index in [1.807, 2.05) is 6.07 Å². The molecule has 122 valence electrons. The zero-order chi connectivity index (χ0) is 16.9. The first kappa shape index (κ1) is 15.9. The monoisotopic (exact) mass is 398 g/mol. The maximum atomic E-state index is 6.53. The number of fused-ring (bicyclic) bond motifs is 1. The van der Waals surface area contributed by atoms with E-state index in [2.05, 4.69) is 108 Å². The van der Waals surface area contributed by atoms with Gasteiger partial charge in [0.2, 0.25) is 0 Å². The molecule has 0 amide bonds. The number of hydrogen-bond acceptors (Lipinski definition) is 1. The minimum absolute atomic E-state index is 0.391. The second-order valence-corrected chi connectivity index (χ2v) is 15.6. The molecule has 4 rings (SSSR count). The van der Waals surface area contributed by atoms with E-state index in [1.54, 1.807) is 0 Å². The molecule has 0 bridgehead atoms. The van der Waals surface area contributed by atoms with Crippen LogP contribution >= 0.6 is 20.8 Å². The maximum absolute atomic E-state index is 6.53. The quantitative estimate of drug-likeness (QED) is 0.554. The number of benzene rings is 3. The molecule has 3 heteroatoms. The summed E-state index contributed by atoms with van der Waals surface area (Å²) in [6.45, 7) is 4.42. The van der Waals surface area contributed by atoms with E-state index in [9.17, 15) is 0 Å². The first-order chi connectivity index (χ1) is 11.5. The minimum atomic E-state index is -2.96.